The highest BCUT2D eigenvalue weighted by Crippen LogP contribution is 2.26. The van der Waals surface area contributed by atoms with Crippen LogP contribution in [0, 0.1) is 5.41 Å². The smallest absolute Gasteiger partial charge is 0.0601 e. The van der Waals surface area contributed by atoms with E-state index in [4.69, 9.17) is 4.74 Å². The van der Waals surface area contributed by atoms with Gasteiger partial charge in [-0.05, 0) is 25.2 Å². The summed E-state index contributed by atoms with van der Waals surface area (Å²) in [6, 6.07) is 1.26. The van der Waals surface area contributed by atoms with Crippen LogP contribution < -0.4 is 5.32 Å². The zero-order valence-corrected chi connectivity index (χ0v) is 9.55. The minimum absolute atomic E-state index is 0.359. The Labute approximate surface area is 82.0 Å². The molecule has 0 aliphatic heterocycles. The summed E-state index contributed by atoms with van der Waals surface area (Å²) in [6.07, 6.45) is 2.86. The van der Waals surface area contributed by atoms with Gasteiger partial charge in [0, 0.05) is 19.2 Å². The van der Waals surface area contributed by atoms with Crippen molar-refractivity contribution in [2.24, 2.45) is 5.41 Å². The van der Waals surface area contributed by atoms with E-state index in [1.165, 1.54) is 12.8 Å². The normalized spacial score (nSPS) is 31.2. The maximum atomic E-state index is 5.24. The number of rotatable bonds is 3. The first-order valence-electron chi connectivity index (χ1n) is 5.22. The van der Waals surface area contributed by atoms with Crippen molar-refractivity contribution >= 4 is 0 Å². The van der Waals surface area contributed by atoms with Crippen LogP contribution in [0.3, 0.4) is 0 Å². The molecule has 1 aliphatic rings. The van der Waals surface area contributed by atoms with Crippen LogP contribution in [0.2, 0.25) is 0 Å². The number of hydrogen-bond acceptors (Lipinski definition) is 2. The molecule has 0 aromatic carbocycles. The number of nitrogens with one attached hydrogen (secondary N) is 1. The topological polar surface area (TPSA) is 21.3 Å². The van der Waals surface area contributed by atoms with Crippen molar-refractivity contribution in [3.8, 4) is 0 Å². The van der Waals surface area contributed by atoms with E-state index in [0.717, 1.165) is 0 Å². The van der Waals surface area contributed by atoms with Gasteiger partial charge in [-0.25, -0.2) is 0 Å². The van der Waals surface area contributed by atoms with Crippen molar-refractivity contribution in [3.05, 3.63) is 0 Å². The Balaban J connectivity index is 2.20. The number of methoxy groups -OCH3 is 1. The van der Waals surface area contributed by atoms with Crippen molar-refractivity contribution in [2.45, 2.75) is 58.7 Å². The second kappa shape index (κ2) is 3.97. The number of hydrogen-bond donors (Lipinski definition) is 1. The summed E-state index contributed by atoms with van der Waals surface area (Å²) in [6.45, 7) is 9.09. The summed E-state index contributed by atoms with van der Waals surface area (Å²) >= 11 is 0. The van der Waals surface area contributed by atoms with E-state index in [9.17, 15) is 0 Å². The Morgan fingerprint density at radius 2 is 1.85 bits per heavy atom. The average Bonchev–Trinajstić information content (AvgIpc) is 1.93. The fraction of sp³-hybridized carbons (Fsp3) is 1.00. The van der Waals surface area contributed by atoms with Crippen LogP contribution in [0.4, 0.5) is 0 Å². The monoisotopic (exact) mass is 185 g/mol. The average molecular weight is 185 g/mol. The summed E-state index contributed by atoms with van der Waals surface area (Å²) in [5.74, 6) is 0. The molecule has 13 heavy (non-hydrogen) atoms. The Kier molecular flexibility index (Phi) is 3.36. The lowest BCUT2D eigenvalue weighted by atomic mass is 9.83. The molecule has 0 amide bonds. The fourth-order valence-electron chi connectivity index (χ4n) is 1.50. The molecule has 1 N–H and O–H groups in total. The van der Waals surface area contributed by atoms with Gasteiger partial charge in [-0.15, -0.1) is 0 Å². The van der Waals surface area contributed by atoms with Crippen molar-refractivity contribution < 1.29 is 4.74 Å². The lowest BCUT2D eigenvalue weighted by molar-refractivity contribution is 0.0104. The SMILES string of the molecule is COC1CC(NC(C)C(C)(C)C)C1. The van der Waals surface area contributed by atoms with Crippen molar-refractivity contribution in [2.75, 3.05) is 7.11 Å². The minimum atomic E-state index is 0.359. The highest BCUT2D eigenvalue weighted by atomic mass is 16.5. The largest absolute Gasteiger partial charge is 0.381 e. The van der Waals surface area contributed by atoms with Gasteiger partial charge >= 0.3 is 0 Å². The van der Waals surface area contributed by atoms with Crippen LogP contribution in [0.15, 0.2) is 0 Å². The Hall–Kier alpha value is -0.0800. The van der Waals surface area contributed by atoms with Crippen LogP contribution in [0.5, 0.6) is 0 Å². The van der Waals surface area contributed by atoms with Gasteiger partial charge in [-0.3, -0.25) is 0 Å². The molecule has 0 aromatic heterocycles. The second-order valence-electron chi connectivity index (χ2n) is 5.28. The van der Waals surface area contributed by atoms with E-state index in [1.54, 1.807) is 7.11 Å². The van der Waals surface area contributed by atoms with Crippen LogP contribution in [0.25, 0.3) is 0 Å². The van der Waals surface area contributed by atoms with Gasteiger partial charge in [0.05, 0.1) is 6.10 Å². The van der Waals surface area contributed by atoms with Crippen LogP contribution in [-0.2, 0) is 4.74 Å². The third kappa shape index (κ3) is 2.96. The Morgan fingerprint density at radius 3 is 2.23 bits per heavy atom. The van der Waals surface area contributed by atoms with Crippen molar-refractivity contribution in [1.29, 1.82) is 0 Å². The second-order valence-corrected chi connectivity index (χ2v) is 5.28. The maximum Gasteiger partial charge on any atom is 0.0601 e. The summed E-state index contributed by atoms with van der Waals surface area (Å²) < 4.78 is 5.24. The van der Waals surface area contributed by atoms with E-state index in [2.05, 4.69) is 33.0 Å². The lowest BCUT2D eigenvalue weighted by Gasteiger charge is -2.40. The third-order valence-electron chi connectivity index (χ3n) is 3.21. The first kappa shape index (κ1) is 11.0. The van der Waals surface area contributed by atoms with Gasteiger partial charge in [0.15, 0.2) is 0 Å². The van der Waals surface area contributed by atoms with E-state index in [0.29, 0.717) is 23.6 Å². The van der Waals surface area contributed by atoms with E-state index in [1.807, 2.05) is 0 Å². The molecule has 1 rings (SSSR count). The first-order chi connectivity index (χ1) is 5.93. The predicted octanol–water partition coefficient (Wildman–Crippen LogP) is 2.19. The molecule has 1 aliphatic carbocycles. The third-order valence-corrected chi connectivity index (χ3v) is 3.21. The zero-order chi connectivity index (χ0) is 10.1. The molecule has 2 nitrogen and oxygen atoms in total. The predicted molar refractivity (Wildman–Crippen MR) is 55.9 cm³/mol. The molecule has 0 saturated heterocycles. The number of ether oxygens (including phenoxy) is 1. The lowest BCUT2D eigenvalue weighted by Crippen LogP contribution is -2.51. The Bertz CT molecular complexity index is 156. The molecule has 0 aromatic rings. The van der Waals surface area contributed by atoms with Crippen LogP contribution in [0.1, 0.15) is 40.5 Å². The molecule has 0 radical (unpaired) electrons. The van der Waals surface area contributed by atoms with Gasteiger partial charge in [-0.1, -0.05) is 20.8 Å². The van der Waals surface area contributed by atoms with Gasteiger partial charge in [0.1, 0.15) is 0 Å². The first-order valence-corrected chi connectivity index (χ1v) is 5.22. The van der Waals surface area contributed by atoms with Gasteiger partial charge in [-0.2, -0.15) is 0 Å². The fourth-order valence-corrected chi connectivity index (χ4v) is 1.50. The van der Waals surface area contributed by atoms with Gasteiger partial charge < -0.3 is 10.1 Å². The van der Waals surface area contributed by atoms with Crippen LogP contribution in [-0.4, -0.2) is 25.3 Å². The van der Waals surface area contributed by atoms with E-state index >= 15 is 0 Å². The maximum absolute atomic E-state index is 5.24. The molecular formula is C11H23NO. The highest BCUT2D eigenvalue weighted by molar-refractivity contribution is 4.89. The molecule has 1 fully saturated rings. The summed E-state index contributed by atoms with van der Waals surface area (Å²) in [4.78, 5) is 0. The summed E-state index contributed by atoms with van der Waals surface area (Å²) in [5.41, 5.74) is 0.359. The van der Waals surface area contributed by atoms with Gasteiger partial charge in [0.25, 0.3) is 0 Å². The summed E-state index contributed by atoms with van der Waals surface area (Å²) in [7, 11) is 1.80. The molecular weight excluding hydrogens is 162 g/mol. The standard InChI is InChI=1S/C11H23NO/c1-8(11(2,3)4)12-9-6-10(7-9)13-5/h8-10,12H,6-7H2,1-5H3. The Morgan fingerprint density at radius 1 is 1.31 bits per heavy atom. The molecule has 0 spiro atoms. The molecule has 0 bridgehead atoms. The molecule has 1 unspecified atom stereocenters. The van der Waals surface area contributed by atoms with Crippen molar-refractivity contribution in [3.63, 3.8) is 0 Å². The van der Waals surface area contributed by atoms with Crippen LogP contribution >= 0.6 is 0 Å². The van der Waals surface area contributed by atoms with E-state index in [-0.39, 0.29) is 0 Å². The minimum Gasteiger partial charge on any atom is -0.381 e. The summed E-state index contributed by atoms with van der Waals surface area (Å²) in [5, 5.41) is 3.64. The van der Waals surface area contributed by atoms with Gasteiger partial charge in [0.2, 0.25) is 0 Å². The molecule has 78 valence electrons. The molecule has 2 heteroatoms. The molecule has 1 saturated carbocycles. The zero-order valence-electron chi connectivity index (χ0n) is 9.55. The molecule has 0 heterocycles. The van der Waals surface area contributed by atoms with Crippen molar-refractivity contribution in [1.82, 2.24) is 5.32 Å². The highest BCUT2D eigenvalue weighted by Gasteiger charge is 2.32. The van der Waals surface area contributed by atoms with E-state index < -0.39 is 0 Å². The molecule has 1 atom stereocenters. The quantitative estimate of drug-likeness (QED) is 0.727.